The number of carbonyl (C=O) groups excluding carboxylic acids is 1. The molecule has 116 valence electrons. The second-order valence-corrected chi connectivity index (χ2v) is 5.15. The van der Waals surface area contributed by atoms with Gasteiger partial charge in [-0.2, -0.15) is 0 Å². The number of nitrogens with zero attached hydrogens (tertiary/aromatic N) is 1. The van der Waals surface area contributed by atoms with E-state index in [0.29, 0.717) is 23.8 Å². The van der Waals surface area contributed by atoms with Crippen LogP contribution in [0.2, 0.25) is 0 Å². The summed E-state index contributed by atoms with van der Waals surface area (Å²) in [6.45, 7) is 4.07. The molecule has 0 spiro atoms. The topological polar surface area (TPSA) is 48.4 Å². The second kappa shape index (κ2) is 6.48. The number of carbonyl (C=O) groups is 1. The fourth-order valence-electron chi connectivity index (χ4n) is 2.30. The van der Waals surface area contributed by atoms with E-state index in [9.17, 15) is 4.79 Å². The summed E-state index contributed by atoms with van der Waals surface area (Å²) in [7, 11) is 0. The van der Waals surface area contributed by atoms with Crippen molar-refractivity contribution in [3.8, 4) is 17.4 Å². The molecule has 23 heavy (non-hydrogen) atoms. The Morgan fingerprint density at radius 2 is 1.74 bits per heavy atom. The number of Topliss-reactive ketones (excluding diaryl/α,β-unsaturated/α-hetero) is 1. The maximum absolute atomic E-state index is 11.4. The van der Waals surface area contributed by atoms with Crippen molar-refractivity contribution in [2.75, 3.05) is 6.61 Å². The Morgan fingerprint density at radius 1 is 1.00 bits per heavy atom. The van der Waals surface area contributed by atoms with Crippen molar-refractivity contribution < 1.29 is 14.3 Å². The highest BCUT2D eigenvalue weighted by Gasteiger charge is 2.04. The lowest BCUT2D eigenvalue weighted by atomic mass is 10.0. The molecular formula is C19H17NO3. The molecule has 0 aliphatic rings. The van der Waals surface area contributed by atoms with E-state index in [-0.39, 0.29) is 5.78 Å². The summed E-state index contributed by atoms with van der Waals surface area (Å²) in [5, 5.41) is 2.03. The zero-order valence-corrected chi connectivity index (χ0v) is 13.1. The van der Waals surface area contributed by atoms with Gasteiger partial charge in [-0.3, -0.25) is 4.79 Å². The quantitative estimate of drug-likeness (QED) is 0.645. The standard InChI is InChI=1S/C19H17NO3/c1-3-22-19-9-8-18(12-20-19)23-17-7-6-15-10-14(13(2)21)4-5-16(15)11-17/h4-12H,3H2,1-2H3. The van der Waals surface area contributed by atoms with Gasteiger partial charge in [0, 0.05) is 11.6 Å². The van der Waals surface area contributed by atoms with Gasteiger partial charge < -0.3 is 9.47 Å². The van der Waals surface area contributed by atoms with Crippen LogP contribution >= 0.6 is 0 Å². The van der Waals surface area contributed by atoms with Crippen LogP contribution in [0.4, 0.5) is 0 Å². The largest absolute Gasteiger partial charge is 0.478 e. The van der Waals surface area contributed by atoms with Crippen LogP contribution in [0.5, 0.6) is 17.4 Å². The van der Waals surface area contributed by atoms with Crippen molar-refractivity contribution in [3.05, 3.63) is 60.3 Å². The maximum Gasteiger partial charge on any atom is 0.213 e. The molecule has 3 rings (SSSR count). The van der Waals surface area contributed by atoms with Gasteiger partial charge in [-0.25, -0.2) is 4.98 Å². The SMILES string of the molecule is CCOc1ccc(Oc2ccc3cc(C(C)=O)ccc3c2)cn1. The Bertz CT molecular complexity index is 841. The third-order valence-corrected chi connectivity index (χ3v) is 3.46. The summed E-state index contributed by atoms with van der Waals surface area (Å²) >= 11 is 0. The first-order valence-corrected chi connectivity index (χ1v) is 7.47. The minimum absolute atomic E-state index is 0.0627. The average molecular weight is 307 g/mol. The van der Waals surface area contributed by atoms with Crippen LogP contribution in [0.3, 0.4) is 0 Å². The number of hydrogen-bond acceptors (Lipinski definition) is 4. The van der Waals surface area contributed by atoms with Crippen LogP contribution in [0, 0.1) is 0 Å². The molecule has 0 amide bonds. The summed E-state index contributed by atoms with van der Waals surface area (Å²) in [5.41, 5.74) is 0.710. The molecule has 0 aliphatic heterocycles. The molecule has 0 fully saturated rings. The van der Waals surface area contributed by atoms with Gasteiger partial charge in [-0.15, -0.1) is 0 Å². The maximum atomic E-state index is 11.4. The Balaban J connectivity index is 1.82. The predicted molar refractivity (Wildman–Crippen MR) is 89.4 cm³/mol. The highest BCUT2D eigenvalue weighted by Crippen LogP contribution is 2.26. The molecule has 3 aromatic rings. The fourth-order valence-corrected chi connectivity index (χ4v) is 2.30. The number of benzene rings is 2. The molecule has 0 N–H and O–H groups in total. The monoisotopic (exact) mass is 307 g/mol. The highest BCUT2D eigenvalue weighted by atomic mass is 16.5. The Kier molecular flexibility index (Phi) is 4.24. The van der Waals surface area contributed by atoms with Crippen molar-refractivity contribution in [3.63, 3.8) is 0 Å². The molecule has 4 heteroatoms. The molecule has 0 atom stereocenters. The van der Waals surface area contributed by atoms with E-state index in [1.165, 1.54) is 0 Å². The summed E-state index contributed by atoms with van der Waals surface area (Å²) in [6, 6.07) is 15.0. The van der Waals surface area contributed by atoms with Crippen LogP contribution in [0.1, 0.15) is 24.2 Å². The molecule has 2 aromatic carbocycles. The van der Waals surface area contributed by atoms with Crippen molar-refractivity contribution in [2.24, 2.45) is 0 Å². The molecule has 0 saturated heterocycles. The summed E-state index contributed by atoms with van der Waals surface area (Å²) in [5.74, 6) is 2.01. The number of pyridine rings is 1. The van der Waals surface area contributed by atoms with Gasteiger partial charge >= 0.3 is 0 Å². The summed E-state index contributed by atoms with van der Waals surface area (Å²) in [4.78, 5) is 15.6. The number of ketones is 1. The molecule has 1 aromatic heterocycles. The van der Waals surface area contributed by atoms with Gasteiger partial charge in [0.2, 0.25) is 5.88 Å². The van der Waals surface area contributed by atoms with Crippen molar-refractivity contribution in [2.45, 2.75) is 13.8 Å². The molecular weight excluding hydrogens is 290 g/mol. The van der Waals surface area contributed by atoms with Gasteiger partial charge in [0.05, 0.1) is 12.8 Å². The van der Waals surface area contributed by atoms with Crippen LogP contribution in [-0.2, 0) is 0 Å². The van der Waals surface area contributed by atoms with Crippen molar-refractivity contribution >= 4 is 16.6 Å². The average Bonchev–Trinajstić information content (AvgIpc) is 2.56. The molecule has 0 unspecified atom stereocenters. The van der Waals surface area contributed by atoms with E-state index in [0.717, 1.165) is 16.5 Å². The van der Waals surface area contributed by atoms with Crippen LogP contribution in [0.15, 0.2) is 54.7 Å². The van der Waals surface area contributed by atoms with E-state index in [2.05, 4.69) is 4.98 Å². The van der Waals surface area contributed by atoms with Crippen LogP contribution < -0.4 is 9.47 Å². The molecule has 4 nitrogen and oxygen atoms in total. The van der Waals surface area contributed by atoms with Crippen molar-refractivity contribution in [1.29, 1.82) is 0 Å². The number of aromatic nitrogens is 1. The van der Waals surface area contributed by atoms with Gasteiger partial charge in [-0.05, 0) is 48.9 Å². The minimum Gasteiger partial charge on any atom is -0.478 e. The Morgan fingerprint density at radius 3 is 2.43 bits per heavy atom. The van der Waals surface area contributed by atoms with Gasteiger partial charge in [0.1, 0.15) is 11.5 Å². The molecule has 0 radical (unpaired) electrons. The fraction of sp³-hybridized carbons (Fsp3) is 0.158. The molecule has 0 bridgehead atoms. The lowest BCUT2D eigenvalue weighted by molar-refractivity contribution is 0.101. The normalized spacial score (nSPS) is 10.5. The lowest BCUT2D eigenvalue weighted by Gasteiger charge is -2.08. The van der Waals surface area contributed by atoms with Crippen molar-refractivity contribution in [1.82, 2.24) is 4.98 Å². The highest BCUT2D eigenvalue weighted by molar-refractivity contribution is 5.98. The van der Waals surface area contributed by atoms with Gasteiger partial charge in [0.15, 0.2) is 5.78 Å². The second-order valence-electron chi connectivity index (χ2n) is 5.15. The summed E-state index contributed by atoms with van der Waals surface area (Å²) < 4.78 is 11.1. The van der Waals surface area contributed by atoms with Gasteiger partial charge in [0.25, 0.3) is 0 Å². The third kappa shape index (κ3) is 3.48. The zero-order valence-electron chi connectivity index (χ0n) is 13.1. The number of fused-ring (bicyclic) bond motifs is 1. The molecule has 0 saturated carbocycles. The van der Waals surface area contributed by atoms with E-state index in [1.807, 2.05) is 49.4 Å². The summed E-state index contributed by atoms with van der Waals surface area (Å²) in [6.07, 6.45) is 1.63. The first kappa shape index (κ1) is 15.0. The lowest BCUT2D eigenvalue weighted by Crippen LogP contribution is -1.94. The number of hydrogen-bond donors (Lipinski definition) is 0. The third-order valence-electron chi connectivity index (χ3n) is 3.46. The Hall–Kier alpha value is -2.88. The first-order valence-electron chi connectivity index (χ1n) is 7.47. The van der Waals surface area contributed by atoms with E-state index >= 15 is 0 Å². The Labute approximate surface area is 134 Å². The predicted octanol–water partition coefficient (Wildman–Crippen LogP) is 4.63. The van der Waals surface area contributed by atoms with E-state index in [4.69, 9.17) is 9.47 Å². The molecule has 0 aliphatic carbocycles. The smallest absolute Gasteiger partial charge is 0.213 e. The number of ether oxygens (including phenoxy) is 2. The van der Waals surface area contributed by atoms with Gasteiger partial charge in [-0.1, -0.05) is 18.2 Å². The minimum atomic E-state index is 0.0627. The first-order chi connectivity index (χ1) is 11.2. The van der Waals surface area contributed by atoms with Crippen LogP contribution in [-0.4, -0.2) is 17.4 Å². The zero-order chi connectivity index (χ0) is 16.2. The number of rotatable bonds is 5. The van der Waals surface area contributed by atoms with Crippen LogP contribution in [0.25, 0.3) is 10.8 Å². The van der Waals surface area contributed by atoms with E-state index in [1.54, 1.807) is 19.2 Å². The van der Waals surface area contributed by atoms with E-state index < -0.39 is 0 Å². The molecule has 1 heterocycles.